The van der Waals surface area contributed by atoms with Crippen LogP contribution in [0, 0.1) is 6.92 Å². The van der Waals surface area contributed by atoms with E-state index in [9.17, 15) is 4.79 Å². The number of methoxy groups -OCH3 is 1. The van der Waals surface area contributed by atoms with Gasteiger partial charge in [0.25, 0.3) is 5.56 Å². The maximum Gasteiger partial charge on any atom is 0.260 e. The average Bonchev–Trinajstić information content (AvgIpc) is 3.29. The number of H-pyrrole nitrogens is 1. The molecule has 4 aromatic heterocycles. The highest BCUT2D eigenvalue weighted by Crippen LogP contribution is 2.34. The molecule has 0 spiro atoms. The molecule has 27 heavy (non-hydrogen) atoms. The molecular weight excluding hydrogens is 364 g/mol. The molecule has 0 radical (unpaired) electrons. The van der Waals surface area contributed by atoms with Crippen molar-refractivity contribution in [2.75, 3.05) is 19.5 Å². The second kappa shape index (κ2) is 6.93. The molecule has 8 nitrogen and oxygen atoms in total. The number of ether oxygens (including phenoxy) is 1. The summed E-state index contributed by atoms with van der Waals surface area (Å²) in [5.74, 6) is 0. The predicted molar refractivity (Wildman–Crippen MR) is 106 cm³/mol. The van der Waals surface area contributed by atoms with Crippen molar-refractivity contribution < 1.29 is 4.74 Å². The van der Waals surface area contributed by atoms with Crippen LogP contribution in [0.15, 0.2) is 35.6 Å². The van der Waals surface area contributed by atoms with Crippen LogP contribution >= 0.6 is 11.3 Å². The molecule has 9 heteroatoms. The third-order valence-electron chi connectivity index (χ3n) is 4.19. The number of nitrogens with one attached hydrogen (secondary N) is 1. The van der Waals surface area contributed by atoms with Crippen LogP contribution in [0.4, 0.5) is 5.69 Å². The number of aromatic amines is 1. The Morgan fingerprint density at radius 3 is 2.96 bits per heavy atom. The number of thiazole rings is 1. The highest BCUT2D eigenvalue weighted by atomic mass is 32.1. The number of hydrogen-bond donors (Lipinski definition) is 2. The van der Waals surface area contributed by atoms with E-state index in [2.05, 4.69) is 20.1 Å². The molecule has 0 saturated heterocycles. The number of hydrogen-bond acceptors (Lipinski definition) is 7. The van der Waals surface area contributed by atoms with E-state index in [1.165, 1.54) is 11.3 Å². The Hall–Kier alpha value is -3.04. The fourth-order valence-electron chi connectivity index (χ4n) is 2.84. The molecule has 4 rings (SSSR count). The van der Waals surface area contributed by atoms with E-state index >= 15 is 0 Å². The number of nitrogens with two attached hydrogens (primary N) is 1. The zero-order valence-corrected chi connectivity index (χ0v) is 15.7. The van der Waals surface area contributed by atoms with Gasteiger partial charge in [-0.1, -0.05) is 0 Å². The Bertz CT molecular complexity index is 1180. The van der Waals surface area contributed by atoms with E-state index in [-0.39, 0.29) is 5.56 Å². The summed E-state index contributed by atoms with van der Waals surface area (Å²) in [7, 11) is 1.65. The minimum absolute atomic E-state index is 0.274. The molecule has 0 aliphatic carbocycles. The number of anilines is 1. The first-order chi connectivity index (χ1) is 13.1. The predicted octanol–water partition coefficient (Wildman–Crippen LogP) is 2.45. The minimum Gasteiger partial charge on any atom is -0.396 e. The number of fused-ring (bicyclic) bond motifs is 1. The van der Waals surface area contributed by atoms with E-state index in [1.54, 1.807) is 25.7 Å². The second-order valence-corrected chi connectivity index (χ2v) is 7.20. The van der Waals surface area contributed by atoms with Gasteiger partial charge in [-0.2, -0.15) is 5.10 Å². The van der Waals surface area contributed by atoms with E-state index in [4.69, 9.17) is 10.5 Å². The minimum atomic E-state index is -0.274. The number of nitrogens with zero attached hydrogens (tertiary/aromatic N) is 4. The third-order valence-corrected chi connectivity index (χ3v) is 5.25. The van der Waals surface area contributed by atoms with Crippen molar-refractivity contribution in [3.8, 4) is 21.0 Å². The molecule has 3 N–H and O–H groups in total. The lowest BCUT2D eigenvalue weighted by molar-refractivity contribution is 0.183. The summed E-state index contributed by atoms with van der Waals surface area (Å²) >= 11 is 1.39. The lowest BCUT2D eigenvalue weighted by Gasteiger charge is -2.06. The fourth-order valence-corrected chi connectivity index (χ4v) is 3.79. The van der Waals surface area contributed by atoms with Crippen LogP contribution in [-0.2, 0) is 11.3 Å². The highest BCUT2D eigenvalue weighted by molar-refractivity contribution is 7.18. The van der Waals surface area contributed by atoms with Crippen LogP contribution in [-0.4, -0.2) is 38.4 Å². The van der Waals surface area contributed by atoms with Crippen molar-refractivity contribution in [2.45, 2.75) is 13.5 Å². The molecule has 0 unspecified atom stereocenters. The summed E-state index contributed by atoms with van der Waals surface area (Å²) in [6.45, 7) is 3.17. The summed E-state index contributed by atoms with van der Waals surface area (Å²) in [6.07, 6.45) is 7.14. The fraction of sp³-hybridized carbons (Fsp3) is 0.222. The molecule has 0 amide bonds. The standard InChI is InChI=1S/C18H18N6O2S/c1-10-5-12-16(20-6-10)15(19)14(17(25)23-12)18-21-8-13(27-18)11-7-22-24(9-11)3-4-26-2/h5-9H,3-4H2,1-2H3,(H3,19,23,25). The Balaban J connectivity index is 1.74. The Labute approximate surface area is 158 Å². The van der Waals surface area contributed by atoms with Crippen LogP contribution in [0.1, 0.15) is 5.56 Å². The van der Waals surface area contributed by atoms with E-state index < -0.39 is 0 Å². The molecule has 0 atom stereocenters. The van der Waals surface area contributed by atoms with Crippen LogP contribution in [0.2, 0.25) is 0 Å². The summed E-state index contributed by atoms with van der Waals surface area (Å²) in [5.41, 5.74) is 9.75. The molecule has 0 aliphatic rings. The molecule has 0 saturated carbocycles. The molecule has 0 bridgehead atoms. The van der Waals surface area contributed by atoms with Gasteiger partial charge in [0.2, 0.25) is 0 Å². The number of pyridine rings is 2. The van der Waals surface area contributed by atoms with Gasteiger partial charge in [0.15, 0.2) is 0 Å². The number of aryl methyl sites for hydroxylation is 1. The first kappa shape index (κ1) is 17.4. The first-order valence-electron chi connectivity index (χ1n) is 8.33. The number of rotatable bonds is 5. The van der Waals surface area contributed by atoms with Gasteiger partial charge < -0.3 is 15.5 Å². The topological polar surface area (TPSA) is 112 Å². The van der Waals surface area contributed by atoms with Gasteiger partial charge >= 0.3 is 0 Å². The second-order valence-electron chi connectivity index (χ2n) is 6.17. The maximum absolute atomic E-state index is 12.6. The molecule has 0 fully saturated rings. The molecule has 0 aliphatic heterocycles. The quantitative estimate of drug-likeness (QED) is 0.548. The normalized spacial score (nSPS) is 11.3. The summed E-state index contributed by atoms with van der Waals surface area (Å²) in [5, 5.41) is 4.86. The maximum atomic E-state index is 12.6. The highest BCUT2D eigenvalue weighted by Gasteiger charge is 2.17. The third kappa shape index (κ3) is 3.22. The van der Waals surface area contributed by atoms with E-state index in [0.29, 0.717) is 40.4 Å². The zero-order chi connectivity index (χ0) is 19.0. The van der Waals surface area contributed by atoms with Crippen molar-refractivity contribution in [3.63, 3.8) is 0 Å². The molecule has 4 heterocycles. The van der Waals surface area contributed by atoms with Crippen LogP contribution in [0.3, 0.4) is 0 Å². The van der Waals surface area contributed by atoms with Gasteiger partial charge in [-0.25, -0.2) is 4.98 Å². The Morgan fingerprint density at radius 1 is 1.30 bits per heavy atom. The Morgan fingerprint density at radius 2 is 2.15 bits per heavy atom. The van der Waals surface area contributed by atoms with Gasteiger partial charge in [-0.3, -0.25) is 14.5 Å². The smallest absolute Gasteiger partial charge is 0.260 e. The van der Waals surface area contributed by atoms with Crippen molar-refractivity contribution >= 4 is 28.1 Å². The molecule has 138 valence electrons. The molecular formula is C18H18N6O2S. The zero-order valence-electron chi connectivity index (χ0n) is 14.9. The monoisotopic (exact) mass is 382 g/mol. The van der Waals surface area contributed by atoms with Crippen LogP contribution in [0.25, 0.3) is 32.0 Å². The lowest BCUT2D eigenvalue weighted by Crippen LogP contribution is -2.13. The SMILES string of the molecule is COCCn1cc(-c2cnc(-c3c(N)c4ncc(C)cc4[nH]c3=O)s2)cn1. The van der Waals surface area contributed by atoms with Crippen molar-refractivity contribution in [1.29, 1.82) is 0 Å². The largest absolute Gasteiger partial charge is 0.396 e. The average molecular weight is 382 g/mol. The van der Waals surface area contributed by atoms with Crippen molar-refractivity contribution in [3.05, 3.63) is 46.8 Å². The van der Waals surface area contributed by atoms with Gasteiger partial charge in [0.05, 0.1) is 35.4 Å². The molecule has 4 aromatic rings. The van der Waals surface area contributed by atoms with Crippen LogP contribution < -0.4 is 11.3 Å². The number of nitrogen functional groups attached to an aromatic ring is 1. The van der Waals surface area contributed by atoms with E-state index in [0.717, 1.165) is 16.0 Å². The van der Waals surface area contributed by atoms with Gasteiger partial charge in [-0.15, -0.1) is 11.3 Å². The van der Waals surface area contributed by atoms with Gasteiger partial charge in [0.1, 0.15) is 16.1 Å². The molecule has 0 aromatic carbocycles. The number of aromatic nitrogens is 5. The summed E-state index contributed by atoms with van der Waals surface area (Å²) < 4.78 is 6.87. The van der Waals surface area contributed by atoms with Crippen LogP contribution in [0.5, 0.6) is 0 Å². The summed E-state index contributed by atoms with van der Waals surface area (Å²) in [6, 6.07) is 1.85. The Kier molecular flexibility index (Phi) is 4.46. The van der Waals surface area contributed by atoms with Gasteiger partial charge in [-0.05, 0) is 18.6 Å². The first-order valence-corrected chi connectivity index (χ1v) is 9.14. The summed E-state index contributed by atoms with van der Waals surface area (Å²) in [4.78, 5) is 25.1. The van der Waals surface area contributed by atoms with Gasteiger partial charge in [0, 0.05) is 31.3 Å². The van der Waals surface area contributed by atoms with Crippen molar-refractivity contribution in [2.24, 2.45) is 0 Å². The van der Waals surface area contributed by atoms with E-state index in [1.807, 2.05) is 23.9 Å². The van der Waals surface area contributed by atoms with Crippen molar-refractivity contribution in [1.82, 2.24) is 24.7 Å². The lowest BCUT2D eigenvalue weighted by atomic mass is 10.1.